The fourth-order valence-electron chi connectivity index (χ4n) is 9.03. The van der Waals surface area contributed by atoms with Gasteiger partial charge in [0.1, 0.15) is 13.2 Å². The Labute approximate surface area is 411 Å². The summed E-state index contributed by atoms with van der Waals surface area (Å²) in [5.41, 5.74) is 0. The average molecular weight is 932 g/mol. The molecule has 0 saturated heterocycles. The van der Waals surface area contributed by atoms with E-state index in [9.17, 15) is 14.4 Å². The summed E-state index contributed by atoms with van der Waals surface area (Å²) in [6.45, 7) is 6.63. The van der Waals surface area contributed by atoms with Crippen LogP contribution in [-0.2, 0) is 28.6 Å². The Balaban J connectivity index is 4.02. The first-order valence-corrected chi connectivity index (χ1v) is 29.7. The Morgan fingerprint density at radius 3 is 0.758 bits per heavy atom. The minimum absolute atomic E-state index is 0.0684. The van der Waals surface area contributed by atoms with Crippen LogP contribution in [0.15, 0.2) is 12.2 Å². The average Bonchev–Trinajstić information content (AvgIpc) is 3.31. The maximum absolute atomic E-state index is 12.8. The molecule has 0 radical (unpaired) electrons. The van der Waals surface area contributed by atoms with Gasteiger partial charge in [0.15, 0.2) is 6.10 Å². The van der Waals surface area contributed by atoms with Crippen molar-refractivity contribution in [2.75, 3.05) is 13.2 Å². The van der Waals surface area contributed by atoms with Gasteiger partial charge in [0.05, 0.1) is 0 Å². The first-order chi connectivity index (χ1) is 32.5. The Bertz CT molecular complexity index is 1020. The number of hydrogen-bond acceptors (Lipinski definition) is 6. The van der Waals surface area contributed by atoms with E-state index in [2.05, 4.69) is 32.9 Å². The lowest BCUT2D eigenvalue weighted by atomic mass is 10.0. The Hall–Kier alpha value is -1.85. The third kappa shape index (κ3) is 53.1. The lowest BCUT2D eigenvalue weighted by molar-refractivity contribution is -0.167. The zero-order chi connectivity index (χ0) is 47.9. The van der Waals surface area contributed by atoms with Gasteiger partial charge in [0.25, 0.3) is 0 Å². The van der Waals surface area contributed by atoms with Crippen LogP contribution in [0.3, 0.4) is 0 Å². The van der Waals surface area contributed by atoms with Crippen molar-refractivity contribution in [3.05, 3.63) is 12.2 Å². The van der Waals surface area contributed by atoms with Crippen LogP contribution in [0, 0.1) is 0 Å². The molecular formula is C60H114O6. The van der Waals surface area contributed by atoms with E-state index >= 15 is 0 Å². The van der Waals surface area contributed by atoms with Gasteiger partial charge < -0.3 is 14.2 Å². The third-order valence-corrected chi connectivity index (χ3v) is 13.5. The minimum Gasteiger partial charge on any atom is -0.462 e. The molecule has 0 aliphatic carbocycles. The van der Waals surface area contributed by atoms with Crippen LogP contribution in [0.1, 0.15) is 335 Å². The molecule has 0 aromatic heterocycles. The van der Waals surface area contributed by atoms with Gasteiger partial charge in [-0.25, -0.2) is 0 Å². The predicted octanol–water partition coefficient (Wildman–Crippen LogP) is 19.7. The Kier molecular flexibility index (Phi) is 54.2. The van der Waals surface area contributed by atoms with Crippen LogP contribution in [0.2, 0.25) is 0 Å². The molecule has 0 aromatic rings. The predicted molar refractivity (Wildman–Crippen MR) is 284 cm³/mol. The molecule has 0 amide bonds. The van der Waals surface area contributed by atoms with Gasteiger partial charge in [-0.05, 0) is 44.9 Å². The Morgan fingerprint density at radius 1 is 0.288 bits per heavy atom. The summed E-state index contributed by atoms with van der Waals surface area (Å²) in [7, 11) is 0. The summed E-state index contributed by atoms with van der Waals surface area (Å²) in [5.74, 6) is -0.864. The van der Waals surface area contributed by atoms with E-state index in [-0.39, 0.29) is 31.1 Å². The minimum atomic E-state index is -0.767. The van der Waals surface area contributed by atoms with E-state index in [0.717, 1.165) is 64.2 Å². The van der Waals surface area contributed by atoms with Gasteiger partial charge in [-0.3, -0.25) is 14.4 Å². The molecule has 66 heavy (non-hydrogen) atoms. The highest BCUT2D eigenvalue weighted by Gasteiger charge is 2.19. The number of ether oxygens (including phenoxy) is 3. The SMILES string of the molecule is CCCCCCC/C=C\CCCCCCCC(=O)OC(COC(=O)CCCCCCCCC)COC(=O)CCCCCCCCCCCCCCCCCCCCCCCCCCCCC. The van der Waals surface area contributed by atoms with Crippen molar-refractivity contribution < 1.29 is 28.6 Å². The van der Waals surface area contributed by atoms with Gasteiger partial charge in [-0.15, -0.1) is 0 Å². The molecule has 0 rings (SSSR count). The number of carbonyl (C=O) groups excluding carboxylic acids is 3. The van der Waals surface area contributed by atoms with Crippen LogP contribution in [-0.4, -0.2) is 37.2 Å². The van der Waals surface area contributed by atoms with Crippen molar-refractivity contribution in [2.45, 2.75) is 341 Å². The normalized spacial score (nSPS) is 12.0. The first kappa shape index (κ1) is 64.2. The summed E-state index contributed by atoms with van der Waals surface area (Å²) in [4.78, 5) is 37.9. The highest BCUT2D eigenvalue weighted by atomic mass is 16.6. The fraction of sp³-hybridized carbons (Fsp3) is 0.917. The molecule has 0 saturated carbocycles. The zero-order valence-electron chi connectivity index (χ0n) is 44.7. The van der Waals surface area contributed by atoms with E-state index in [1.165, 1.54) is 231 Å². The smallest absolute Gasteiger partial charge is 0.306 e. The van der Waals surface area contributed by atoms with Crippen molar-refractivity contribution in [1.82, 2.24) is 0 Å². The number of allylic oxidation sites excluding steroid dienone is 2. The molecule has 6 nitrogen and oxygen atoms in total. The number of unbranched alkanes of at least 4 members (excludes halogenated alkanes) is 42. The topological polar surface area (TPSA) is 78.9 Å². The van der Waals surface area contributed by atoms with Crippen molar-refractivity contribution in [2.24, 2.45) is 0 Å². The summed E-state index contributed by atoms with van der Waals surface area (Å²) in [6, 6.07) is 0. The standard InChI is InChI=1S/C60H114O6/c1-4-7-10-13-16-18-20-22-24-25-26-27-28-29-30-31-32-33-34-35-36-38-39-41-44-47-50-53-59(62)65-56-57(55-64-58(61)52-49-46-43-15-12-9-6-3)66-60(63)54-51-48-45-42-40-37-23-21-19-17-14-11-8-5-2/h21,23,57H,4-20,22,24-56H2,1-3H3/b23-21-. The van der Waals surface area contributed by atoms with Crippen LogP contribution in [0.25, 0.3) is 0 Å². The van der Waals surface area contributed by atoms with Crippen LogP contribution < -0.4 is 0 Å². The van der Waals surface area contributed by atoms with Gasteiger partial charge in [-0.1, -0.05) is 283 Å². The van der Waals surface area contributed by atoms with Crippen molar-refractivity contribution in [3.8, 4) is 0 Å². The number of rotatable bonds is 55. The van der Waals surface area contributed by atoms with Crippen LogP contribution in [0.5, 0.6) is 0 Å². The van der Waals surface area contributed by atoms with E-state index in [4.69, 9.17) is 14.2 Å². The number of hydrogen-bond donors (Lipinski definition) is 0. The zero-order valence-corrected chi connectivity index (χ0v) is 44.7. The summed E-state index contributed by atoms with van der Waals surface area (Å²) < 4.78 is 16.8. The molecule has 6 heteroatoms. The second kappa shape index (κ2) is 55.7. The maximum atomic E-state index is 12.8. The second-order valence-electron chi connectivity index (χ2n) is 20.3. The molecular weight excluding hydrogens is 817 g/mol. The number of carbonyl (C=O) groups is 3. The molecule has 0 fully saturated rings. The largest absolute Gasteiger partial charge is 0.462 e. The molecule has 0 aliphatic heterocycles. The molecule has 0 aromatic carbocycles. The quantitative estimate of drug-likeness (QED) is 0.0262. The second-order valence-corrected chi connectivity index (χ2v) is 20.3. The molecule has 0 spiro atoms. The summed E-state index contributed by atoms with van der Waals surface area (Å²) >= 11 is 0. The van der Waals surface area contributed by atoms with Gasteiger partial charge in [0, 0.05) is 19.3 Å². The molecule has 0 N–H and O–H groups in total. The lowest BCUT2D eigenvalue weighted by Gasteiger charge is -2.18. The molecule has 0 aliphatic rings. The Morgan fingerprint density at radius 2 is 0.500 bits per heavy atom. The summed E-state index contributed by atoms with van der Waals surface area (Å²) in [6.07, 6.45) is 63.9. The van der Waals surface area contributed by atoms with Crippen molar-refractivity contribution in [1.29, 1.82) is 0 Å². The summed E-state index contributed by atoms with van der Waals surface area (Å²) in [5, 5.41) is 0. The van der Waals surface area contributed by atoms with Gasteiger partial charge >= 0.3 is 17.9 Å². The van der Waals surface area contributed by atoms with E-state index < -0.39 is 6.10 Å². The van der Waals surface area contributed by atoms with Crippen molar-refractivity contribution >= 4 is 17.9 Å². The van der Waals surface area contributed by atoms with Crippen LogP contribution in [0.4, 0.5) is 0 Å². The van der Waals surface area contributed by atoms with Crippen molar-refractivity contribution in [3.63, 3.8) is 0 Å². The highest BCUT2D eigenvalue weighted by molar-refractivity contribution is 5.71. The fourth-order valence-corrected chi connectivity index (χ4v) is 9.03. The lowest BCUT2D eigenvalue weighted by Crippen LogP contribution is -2.30. The van der Waals surface area contributed by atoms with Gasteiger partial charge in [0.2, 0.25) is 0 Å². The van der Waals surface area contributed by atoms with E-state index in [1.54, 1.807) is 0 Å². The molecule has 1 unspecified atom stereocenters. The van der Waals surface area contributed by atoms with E-state index in [1.807, 2.05) is 0 Å². The van der Waals surface area contributed by atoms with E-state index in [0.29, 0.717) is 19.3 Å². The molecule has 0 heterocycles. The molecule has 1 atom stereocenters. The third-order valence-electron chi connectivity index (χ3n) is 13.5. The maximum Gasteiger partial charge on any atom is 0.306 e. The molecule has 390 valence electrons. The highest BCUT2D eigenvalue weighted by Crippen LogP contribution is 2.18. The van der Waals surface area contributed by atoms with Gasteiger partial charge in [-0.2, -0.15) is 0 Å². The monoisotopic (exact) mass is 931 g/mol. The number of esters is 3. The van der Waals surface area contributed by atoms with Crippen LogP contribution >= 0.6 is 0 Å². The first-order valence-electron chi connectivity index (χ1n) is 29.7. The molecule has 0 bridgehead atoms.